The van der Waals surface area contributed by atoms with Crippen molar-refractivity contribution in [2.75, 3.05) is 18.9 Å². The molecule has 0 radical (unpaired) electrons. The molecule has 6 heteroatoms. The second-order valence-corrected chi connectivity index (χ2v) is 7.48. The third-order valence-corrected chi connectivity index (χ3v) is 6.05. The molecule has 0 bridgehead atoms. The molecular weight excluding hydrogens is 304 g/mol. The zero-order chi connectivity index (χ0) is 15.1. The molecule has 0 aliphatic heterocycles. The zero-order valence-corrected chi connectivity index (χ0v) is 14.4. The van der Waals surface area contributed by atoms with E-state index in [1.54, 1.807) is 23.1 Å². The van der Waals surface area contributed by atoms with E-state index in [4.69, 9.17) is 4.74 Å². The lowest BCUT2D eigenvalue weighted by Crippen LogP contribution is -2.55. The van der Waals surface area contributed by atoms with Gasteiger partial charge in [0, 0.05) is 17.3 Å². The summed E-state index contributed by atoms with van der Waals surface area (Å²) in [5, 5.41) is 5.44. The fraction of sp³-hybridized carbons (Fsp3) is 0.733. The van der Waals surface area contributed by atoms with Crippen molar-refractivity contribution in [2.24, 2.45) is 5.92 Å². The second-order valence-electron chi connectivity index (χ2n) is 5.25. The van der Waals surface area contributed by atoms with E-state index in [-0.39, 0.29) is 5.97 Å². The molecule has 2 atom stereocenters. The minimum absolute atomic E-state index is 0.0615. The Morgan fingerprint density at radius 3 is 3.14 bits per heavy atom. The van der Waals surface area contributed by atoms with E-state index in [9.17, 15) is 4.79 Å². The molecule has 0 saturated heterocycles. The molecule has 1 aromatic heterocycles. The Bertz CT molecular complexity index is 439. The summed E-state index contributed by atoms with van der Waals surface area (Å²) in [6, 6.07) is 0. The fourth-order valence-corrected chi connectivity index (χ4v) is 4.95. The highest BCUT2D eigenvalue weighted by molar-refractivity contribution is 8.00. The smallest absolute Gasteiger partial charge is 0.326 e. The minimum atomic E-state index is -0.464. The minimum Gasteiger partial charge on any atom is -0.465 e. The van der Waals surface area contributed by atoms with Crippen LogP contribution in [-0.2, 0) is 9.53 Å². The molecular formula is C15H24N2O2S2. The molecule has 2 rings (SSSR count). The van der Waals surface area contributed by atoms with Gasteiger partial charge in [0.25, 0.3) is 0 Å². The number of likely N-dealkylation sites (N-methyl/N-ethyl adjacent to an activating group) is 1. The van der Waals surface area contributed by atoms with Gasteiger partial charge in [-0.15, -0.1) is 11.3 Å². The van der Waals surface area contributed by atoms with Crippen LogP contribution in [0.5, 0.6) is 0 Å². The molecule has 1 aliphatic carbocycles. The number of thioether (sulfide) groups is 1. The zero-order valence-electron chi connectivity index (χ0n) is 12.8. The first-order chi connectivity index (χ1) is 10.2. The standard InChI is InChI=1S/C15H24N2O2S2/c1-3-17-15(13(18)19-4-2)8-5-6-12(15)7-10-20-14-16-9-11-21-14/h9,11-12,17H,3-8,10H2,1-2H3. The largest absolute Gasteiger partial charge is 0.465 e. The molecule has 2 unspecified atom stereocenters. The van der Waals surface area contributed by atoms with Gasteiger partial charge in [0.05, 0.1) is 6.61 Å². The van der Waals surface area contributed by atoms with Crippen molar-refractivity contribution in [3.63, 3.8) is 0 Å². The Hall–Kier alpha value is -0.590. The van der Waals surface area contributed by atoms with Crippen molar-refractivity contribution < 1.29 is 9.53 Å². The summed E-state index contributed by atoms with van der Waals surface area (Å²) >= 11 is 3.46. The predicted molar refractivity (Wildman–Crippen MR) is 87.8 cm³/mol. The molecule has 1 heterocycles. The van der Waals surface area contributed by atoms with E-state index in [2.05, 4.69) is 17.2 Å². The first kappa shape index (κ1) is 16.8. The number of esters is 1. The number of hydrogen-bond donors (Lipinski definition) is 1. The van der Waals surface area contributed by atoms with Crippen molar-refractivity contribution in [3.05, 3.63) is 11.6 Å². The molecule has 1 aromatic rings. The van der Waals surface area contributed by atoms with Gasteiger partial charge in [-0.1, -0.05) is 25.1 Å². The highest BCUT2D eigenvalue weighted by Crippen LogP contribution is 2.40. The van der Waals surface area contributed by atoms with Crippen LogP contribution in [0.3, 0.4) is 0 Å². The first-order valence-electron chi connectivity index (χ1n) is 7.67. The Labute approximate surface area is 135 Å². The van der Waals surface area contributed by atoms with Crippen LogP contribution in [0.25, 0.3) is 0 Å². The molecule has 21 heavy (non-hydrogen) atoms. The summed E-state index contributed by atoms with van der Waals surface area (Å²) < 4.78 is 6.46. The highest BCUT2D eigenvalue weighted by atomic mass is 32.2. The molecule has 118 valence electrons. The van der Waals surface area contributed by atoms with Gasteiger partial charge >= 0.3 is 5.97 Å². The maximum Gasteiger partial charge on any atom is 0.326 e. The van der Waals surface area contributed by atoms with E-state index >= 15 is 0 Å². The van der Waals surface area contributed by atoms with Gasteiger partial charge in [-0.3, -0.25) is 4.79 Å². The van der Waals surface area contributed by atoms with Crippen LogP contribution in [-0.4, -0.2) is 35.4 Å². The second kappa shape index (κ2) is 8.15. The van der Waals surface area contributed by atoms with Gasteiger partial charge in [0.1, 0.15) is 9.88 Å². The molecule has 0 aromatic carbocycles. The van der Waals surface area contributed by atoms with Crippen LogP contribution in [0, 0.1) is 5.92 Å². The molecule has 1 aliphatic rings. The Balaban J connectivity index is 1.96. The van der Waals surface area contributed by atoms with Gasteiger partial charge in [-0.05, 0) is 38.6 Å². The van der Waals surface area contributed by atoms with E-state index < -0.39 is 5.54 Å². The average Bonchev–Trinajstić information content (AvgIpc) is 3.11. The molecule has 0 spiro atoms. The third kappa shape index (κ3) is 3.99. The lowest BCUT2D eigenvalue weighted by molar-refractivity contribution is -0.153. The number of thiazole rings is 1. The van der Waals surface area contributed by atoms with Crippen LogP contribution in [0.15, 0.2) is 15.9 Å². The van der Waals surface area contributed by atoms with E-state index in [1.165, 1.54) is 0 Å². The first-order valence-corrected chi connectivity index (χ1v) is 9.54. The monoisotopic (exact) mass is 328 g/mol. The number of carbonyl (C=O) groups excluding carboxylic acids is 1. The number of carbonyl (C=O) groups is 1. The lowest BCUT2D eigenvalue weighted by Gasteiger charge is -2.34. The van der Waals surface area contributed by atoms with Crippen molar-refractivity contribution in [3.8, 4) is 0 Å². The van der Waals surface area contributed by atoms with Gasteiger partial charge in [-0.2, -0.15) is 0 Å². The lowest BCUT2D eigenvalue weighted by atomic mass is 9.85. The number of aromatic nitrogens is 1. The summed E-state index contributed by atoms with van der Waals surface area (Å²) in [5.41, 5.74) is -0.464. The van der Waals surface area contributed by atoms with Crippen molar-refractivity contribution in [2.45, 2.75) is 49.4 Å². The molecule has 4 nitrogen and oxygen atoms in total. The number of nitrogens with one attached hydrogen (secondary N) is 1. The molecule has 1 saturated carbocycles. The summed E-state index contributed by atoms with van der Waals surface area (Å²) in [5.74, 6) is 1.31. The highest BCUT2D eigenvalue weighted by Gasteiger charge is 2.49. The van der Waals surface area contributed by atoms with Gasteiger partial charge in [-0.25, -0.2) is 4.98 Å². The van der Waals surface area contributed by atoms with Crippen LogP contribution in [0.4, 0.5) is 0 Å². The molecule has 1 fully saturated rings. The van der Waals surface area contributed by atoms with Crippen LogP contribution >= 0.6 is 23.1 Å². The maximum absolute atomic E-state index is 12.5. The van der Waals surface area contributed by atoms with Gasteiger partial charge < -0.3 is 10.1 Å². The third-order valence-electron chi connectivity index (χ3n) is 4.05. The van der Waals surface area contributed by atoms with E-state index in [0.29, 0.717) is 12.5 Å². The quantitative estimate of drug-likeness (QED) is 0.586. The summed E-state index contributed by atoms with van der Waals surface area (Å²) in [4.78, 5) is 16.7. The van der Waals surface area contributed by atoms with Crippen molar-refractivity contribution in [1.82, 2.24) is 10.3 Å². The predicted octanol–water partition coefficient (Wildman–Crippen LogP) is 3.34. The van der Waals surface area contributed by atoms with E-state index in [0.717, 1.165) is 42.3 Å². The SMILES string of the molecule is CCNC1(C(=O)OCC)CCCC1CCSc1nccs1. The Kier molecular flexibility index (Phi) is 6.51. The number of hydrogen-bond acceptors (Lipinski definition) is 6. The van der Waals surface area contributed by atoms with Gasteiger partial charge in [0.15, 0.2) is 0 Å². The summed E-state index contributed by atoms with van der Waals surface area (Å²) in [7, 11) is 0. The Morgan fingerprint density at radius 1 is 1.62 bits per heavy atom. The van der Waals surface area contributed by atoms with Gasteiger partial charge in [0.2, 0.25) is 0 Å². The Morgan fingerprint density at radius 2 is 2.48 bits per heavy atom. The van der Waals surface area contributed by atoms with Crippen molar-refractivity contribution in [1.29, 1.82) is 0 Å². The van der Waals surface area contributed by atoms with Crippen LogP contribution in [0.1, 0.15) is 39.5 Å². The number of ether oxygens (including phenoxy) is 1. The van der Waals surface area contributed by atoms with Crippen LogP contribution < -0.4 is 5.32 Å². The van der Waals surface area contributed by atoms with E-state index in [1.807, 2.05) is 18.5 Å². The summed E-state index contributed by atoms with van der Waals surface area (Å²) in [6.07, 6.45) is 5.95. The molecule has 1 N–H and O–H groups in total. The summed E-state index contributed by atoms with van der Waals surface area (Å²) in [6.45, 7) is 5.18. The topological polar surface area (TPSA) is 51.2 Å². The average molecular weight is 329 g/mol. The molecule has 0 amide bonds. The fourth-order valence-electron chi connectivity index (χ4n) is 3.19. The van der Waals surface area contributed by atoms with Crippen molar-refractivity contribution >= 4 is 29.1 Å². The van der Waals surface area contributed by atoms with Crippen LogP contribution in [0.2, 0.25) is 0 Å². The normalized spacial score (nSPS) is 25.1. The number of nitrogens with zero attached hydrogens (tertiary/aromatic N) is 1. The number of rotatable bonds is 8. The maximum atomic E-state index is 12.5.